The number of aromatic nitrogens is 6. The number of halogens is 2. The second kappa shape index (κ2) is 18.8. The minimum absolute atomic E-state index is 0. The fourth-order valence-electron chi connectivity index (χ4n) is 5.21. The Balaban J connectivity index is 0.000000247. The summed E-state index contributed by atoms with van der Waals surface area (Å²) in [5, 5.41) is 11.6. The largest absolute Gasteiger partial charge is 0.486 e. The van der Waals surface area contributed by atoms with E-state index in [1.54, 1.807) is 43.4 Å². The monoisotopic (exact) mass is 794 g/mol. The van der Waals surface area contributed by atoms with Gasteiger partial charge in [0.25, 0.3) is 0 Å². The molecule has 19 nitrogen and oxygen atoms in total. The summed E-state index contributed by atoms with van der Waals surface area (Å²) in [5.41, 5.74) is 12.3. The number of H-pyrrole nitrogens is 1. The minimum atomic E-state index is -0.913. The Morgan fingerprint density at radius 3 is 1.93 bits per heavy atom. The van der Waals surface area contributed by atoms with Crippen LogP contribution < -0.4 is 41.0 Å². The maximum absolute atomic E-state index is 14.0. The van der Waals surface area contributed by atoms with Crippen LogP contribution in [0.15, 0.2) is 65.5 Å². The molecule has 1 amide bonds. The van der Waals surface area contributed by atoms with Crippen molar-refractivity contribution in [3.63, 3.8) is 0 Å². The number of benzene rings is 2. The SMILES string of the molecule is C.C.CCOC(=O)N1Cc2ccc(F)c(c2)OC/C=C\COc2nc(N)c([N+](=O)[O-])c1n2.Nc1nc2nc3c1[nH]c(=O)n3Cc1ccc(F)c(c1)OC/C=C\CO2. The molecule has 0 saturated carbocycles. The number of carbonyl (C=O) groups is 1. The smallest absolute Gasteiger partial charge is 0.415 e. The van der Waals surface area contributed by atoms with Crippen molar-refractivity contribution in [1.29, 1.82) is 0 Å². The molecule has 302 valence electrons. The lowest BCUT2D eigenvalue weighted by Gasteiger charge is -2.22. The molecular formula is C36H40F2N10O9. The number of hydrogen-bond donors (Lipinski definition) is 3. The van der Waals surface area contributed by atoms with Gasteiger partial charge in [-0.05, 0) is 66.6 Å². The van der Waals surface area contributed by atoms with Crippen LogP contribution in [-0.2, 0) is 17.8 Å². The van der Waals surface area contributed by atoms with Gasteiger partial charge in [-0.25, -0.2) is 18.4 Å². The minimum Gasteiger partial charge on any atom is -0.486 e. The van der Waals surface area contributed by atoms with Gasteiger partial charge in [-0.3, -0.25) is 19.6 Å². The Morgan fingerprint density at radius 2 is 1.37 bits per heavy atom. The van der Waals surface area contributed by atoms with E-state index >= 15 is 0 Å². The number of ether oxygens (including phenoxy) is 5. The molecule has 5 heterocycles. The molecule has 0 atom stereocenters. The molecule has 57 heavy (non-hydrogen) atoms. The van der Waals surface area contributed by atoms with Crippen molar-refractivity contribution in [2.45, 2.75) is 34.9 Å². The average Bonchev–Trinajstić information content (AvgIpc) is 3.46. The summed E-state index contributed by atoms with van der Waals surface area (Å²) in [6.45, 7) is 1.95. The third-order valence-corrected chi connectivity index (χ3v) is 7.72. The normalized spacial score (nSPS) is 14.5. The third kappa shape index (κ3) is 9.87. The lowest BCUT2D eigenvalue weighted by molar-refractivity contribution is -0.383. The molecule has 0 radical (unpaired) electrons. The number of nitrogens with one attached hydrogen (secondary N) is 1. The first-order valence-corrected chi connectivity index (χ1v) is 16.4. The second-order valence-electron chi connectivity index (χ2n) is 11.4. The number of rotatable bonds is 2. The summed E-state index contributed by atoms with van der Waals surface area (Å²) in [5.74, 6) is -1.77. The van der Waals surface area contributed by atoms with Gasteiger partial charge in [-0.15, -0.1) is 0 Å². The molecule has 2 aromatic carbocycles. The van der Waals surface area contributed by atoms with Gasteiger partial charge in [0, 0.05) is 0 Å². The first-order valence-electron chi connectivity index (χ1n) is 16.4. The Labute approximate surface area is 323 Å². The van der Waals surface area contributed by atoms with Crippen molar-refractivity contribution in [2.75, 3.05) is 49.4 Å². The number of nitrogens with zero attached hydrogens (tertiary/aromatic N) is 7. The van der Waals surface area contributed by atoms with Crippen molar-refractivity contribution in [3.05, 3.63) is 104 Å². The molecule has 0 fully saturated rings. The van der Waals surface area contributed by atoms with Gasteiger partial charge >= 0.3 is 29.5 Å². The highest BCUT2D eigenvalue weighted by molar-refractivity contribution is 5.90. The van der Waals surface area contributed by atoms with Crippen LogP contribution in [0, 0.1) is 21.7 Å². The van der Waals surface area contributed by atoms with Crippen molar-refractivity contribution in [3.8, 4) is 23.5 Å². The van der Waals surface area contributed by atoms with E-state index in [0.717, 1.165) is 4.90 Å². The van der Waals surface area contributed by atoms with Crippen molar-refractivity contribution < 1.29 is 42.2 Å². The third-order valence-electron chi connectivity index (χ3n) is 7.72. The number of anilines is 3. The number of nitrogen functional groups attached to an aromatic ring is 2. The highest BCUT2D eigenvalue weighted by atomic mass is 19.1. The average molecular weight is 795 g/mol. The predicted octanol–water partition coefficient (Wildman–Crippen LogP) is 5.09. The molecule has 2 aliphatic heterocycles. The standard InChI is InChI=1S/C18H18FN5O6.C16H14FN5O3.2CH4/c1-2-28-18(25)23-10-11-5-6-12(19)13(9-11)29-7-3-4-8-30-17-21-15(20)14(24(26)27)16(23)22-17;17-10-4-3-9-7-11(10)24-5-1-2-6-25-15-20-13(18)12-14(21-15)22(8-9)16(23)19-12;;/h3-6,9H,2,7-8,10H2,1H3,(H2,20,21,22);1-4,7H,5-6,8H2,(H,19,23)(H2,18,20,21);2*1H4/b4-3-;2-1-;;. The molecule has 3 aromatic heterocycles. The Morgan fingerprint density at radius 1 is 0.842 bits per heavy atom. The van der Waals surface area contributed by atoms with Gasteiger partial charge in [0.2, 0.25) is 11.6 Å². The van der Waals surface area contributed by atoms with Crippen LogP contribution in [0.5, 0.6) is 23.5 Å². The Kier molecular flexibility index (Phi) is 14.0. The number of hydrogen-bond acceptors (Lipinski definition) is 15. The van der Waals surface area contributed by atoms with E-state index in [1.165, 1.54) is 28.8 Å². The fourth-order valence-corrected chi connectivity index (χ4v) is 5.21. The van der Waals surface area contributed by atoms with Crippen LogP contribution in [0.2, 0.25) is 0 Å². The fraction of sp³-hybridized carbons (Fsp3) is 0.278. The molecule has 5 aromatic rings. The second-order valence-corrected chi connectivity index (χ2v) is 11.4. The number of nitrogens with two attached hydrogens (primary N) is 2. The number of aromatic amines is 1. The van der Waals surface area contributed by atoms with Crippen LogP contribution in [0.4, 0.5) is 36.7 Å². The van der Waals surface area contributed by atoms with Gasteiger partial charge in [0.1, 0.15) is 31.9 Å². The zero-order valence-corrected chi connectivity index (χ0v) is 28.9. The molecule has 7 rings (SSSR count). The van der Waals surface area contributed by atoms with Crippen molar-refractivity contribution in [2.24, 2.45) is 0 Å². The number of imidazole rings is 1. The summed E-state index contributed by atoms with van der Waals surface area (Å²) < 4.78 is 55.9. The molecular weight excluding hydrogens is 754 g/mol. The first-order chi connectivity index (χ1) is 26.5. The van der Waals surface area contributed by atoms with Crippen LogP contribution in [0.1, 0.15) is 32.9 Å². The zero-order chi connectivity index (χ0) is 39.1. The number of nitro groups is 1. The molecule has 0 aliphatic carbocycles. The van der Waals surface area contributed by atoms with Crippen LogP contribution in [0.3, 0.4) is 0 Å². The molecule has 21 heteroatoms. The maximum Gasteiger partial charge on any atom is 0.415 e. The van der Waals surface area contributed by atoms with Crippen molar-refractivity contribution >= 4 is 40.4 Å². The topological polar surface area (TPSA) is 251 Å². The molecule has 0 unspecified atom stereocenters. The van der Waals surface area contributed by atoms with E-state index in [0.29, 0.717) is 22.3 Å². The van der Waals surface area contributed by atoms with Gasteiger partial charge in [0.05, 0.1) is 24.6 Å². The Bertz CT molecular complexity index is 2370. The molecule has 5 N–H and O–H groups in total. The van der Waals surface area contributed by atoms with Crippen LogP contribution >= 0.6 is 0 Å². The molecule has 0 saturated heterocycles. The lowest BCUT2D eigenvalue weighted by Crippen LogP contribution is -2.33. The predicted molar refractivity (Wildman–Crippen MR) is 204 cm³/mol. The molecule has 8 bridgehead atoms. The Hall–Kier alpha value is -7.32. The van der Waals surface area contributed by atoms with E-state index in [4.69, 9.17) is 35.2 Å². The zero-order valence-electron chi connectivity index (χ0n) is 28.9. The number of amides is 1. The van der Waals surface area contributed by atoms with E-state index in [1.807, 2.05) is 0 Å². The highest BCUT2D eigenvalue weighted by Crippen LogP contribution is 2.34. The van der Waals surface area contributed by atoms with Gasteiger partial charge in [-0.1, -0.05) is 27.0 Å². The van der Waals surface area contributed by atoms with Crippen molar-refractivity contribution in [1.82, 2.24) is 29.5 Å². The quantitative estimate of drug-likeness (QED) is 0.120. The summed E-state index contributed by atoms with van der Waals surface area (Å²) in [7, 11) is 0. The molecule has 2 aliphatic rings. The van der Waals surface area contributed by atoms with Crippen LogP contribution in [0.25, 0.3) is 11.2 Å². The maximum atomic E-state index is 14.0. The number of carbonyl (C=O) groups excluding carboxylic acids is 1. The number of fused-ring (bicyclic) bond motifs is 7. The summed E-state index contributed by atoms with van der Waals surface area (Å²) in [4.78, 5) is 55.3. The summed E-state index contributed by atoms with van der Waals surface area (Å²) in [6.07, 6.45) is 5.65. The van der Waals surface area contributed by atoms with Gasteiger partial charge in [-0.2, -0.15) is 19.9 Å². The van der Waals surface area contributed by atoms with Gasteiger partial charge in [0.15, 0.2) is 34.6 Å². The highest BCUT2D eigenvalue weighted by Gasteiger charge is 2.32. The summed E-state index contributed by atoms with van der Waals surface area (Å²) in [6, 6.07) is 8.21. The van der Waals surface area contributed by atoms with E-state index in [9.17, 15) is 28.5 Å². The summed E-state index contributed by atoms with van der Waals surface area (Å²) >= 11 is 0. The molecule has 0 spiro atoms. The van der Waals surface area contributed by atoms with E-state index in [2.05, 4.69) is 24.9 Å². The lowest BCUT2D eigenvalue weighted by atomic mass is 10.2. The van der Waals surface area contributed by atoms with E-state index < -0.39 is 45.7 Å². The van der Waals surface area contributed by atoms with Crippen LogP contribution in [-0.4, -0.2) is 73.5 Å². The van der Waals surface area contributed by atoms with E-state index in [-0.39, 0.29) is 90.3 Å². The van der Waals surface area contributed by atoms with Gasteiger partial charge < -0.3 is 40.1 Å². The first kappa shape index (κ1) is 42.4.